The van der Waals surface area contributed by atoms with E-state index in [1.807, 2.05) is 36.4 Å². The largest absolute Gasteiger partial charge is 0.372 e. The number of rotatable bonds is 7. The maximum absolute atomic E-state index is 12.8. The minimum absolute atomic E-state index is 0.0588. The minimum atomic E-state index is -3.38. The van der Waals surface area contributed by atoms with Gasteiger partial charge >= 0.3 is 0 Å². The summed E-state index contributed by atoms with van der Waals surface area (Å²) in [6.45, 7) is 8.10. The van der Waals surface area contributed by atoms with Gasteiger partial charge in [-0.15, -0.1) is 0 Å². The van der Waals surface area contributed by atoms with E-state index >= 15 is 0 Å². The Morgan fingerprint density at radius 3 is 2.36 bits per heavy atom. The number of halogens is 1. The molecule has 2 aromatic carbocycles. The van der Waals surface area contributed by atoms with Crippen molar-refractivity contribution in [3.05, 3.63) is 53.1 Å². The number of hydrazone groups is 1. The van der Waals surface area contributed by atoms with Gasteiger partial charge in [-0.1, -0.05) is 30.7 Å². The Morgan fingerprint density at radius 2 is 1.75 bits per heavy atom. The summed E-state index contributed by atoms with van der Waals surface area (Å²) in [6.07, 6.45) is 0.755. The lowest BCUT2D eigenvalue weighted by Gasteiger charge is -2.24. The van der Waals surface area contributed by atoms with Crippen LogP contribution >= 0.6 is 11.6 Å². The zero-order valence-corrected chi connectivity index (χ0v) is 18.1. The summed E-state index contributed by atoms with van der Waals surface area (Å²) < 4.78 is 25.6. The van der Waals surface area contributed by atoms with Gasteiger partial charge in [0, 0.05) is 36.8 Å². The Labute approximate surface area is 172 Å². The molecule has 0 radical (unpaired) electrons. The summed E-state index contributed by atoms with van der Waals surface area (Å²) in [5.74, 6) is 0.0588. The molecular formula is C21H26ClN3O2S. The summed E-state index contributed by atoms with van der Waals surface area (Å²) in [6, 6.07) is 13.2. The van der Waals surface area contributed by atoms with Crippen molar-refractivity contribution in [2.45, 2.75) is 32.1 Å². The van der Waals surface area contributed by atoms with E-state index in [2.05, 4.69) is 18.7 Å². The number of hydrogen-bond donors (Lipinski definition) is 0. The summed E-state index contributed by atoms with van der Waals surface area (Å²) in [5.41, 5.74) is 3.50. The third kappa shape index (κ3) is 4.18. The van der Waals surface area contributed by atoms with E-state index in [4.69, 9.17) is 16.7 Å². The lowest BCUT2D eigenvalue weighted by molar-refractivity contribution is 0.597. The Kier molecular flexibility index (Phi) is 6.30. The van der Waals surface area contributed by atoms with E-state index in [1.54, 1.807) is 18.0 Å². The molecule has 7 heteroatoms. The summed E-state index contributed by atoms with van der Waals surface area (Å²) in [5, 5.41) is 7.20. The fourth-order valence-electron chi connectivity index (χ4n) is 3.38. The highest BCUT2D eigenvalue weighted by atomic mass is 35.5. The smallest absolute Gasteiger partial charge is 0.180 e. The maximum Gasteiger partial charge on any atom is 0.180 e. The maximum atomic E-state index is 12.8. The monoisotopic (exact) mass is 419 g/mol. The van der Waals surface area contributed by atoms with Crippen LogP contribution in [0.3, 0.4) is 0 Å². The molecule has 5 nitrogen and oxygen atoms in total. The van der Waals surface area contributed by atoms with Crippen molar-refractivity contribution in [2.75, 3.05) is 35.3 Å². The van der Waals surface area contributed by atoms with Gasteiger partial charge in [0.15, 0.2) is 9.84 Å². The van der Waals surface area contributed by atoms with Gasteiger partial charge in [-0.25, -0.2) is 8.42 Å². The van der Waals surface area contributed by atoms with E-state index in [0.717, 1.165) is 36.5 Å². The molecule has 0 unspecified atom stereocenters. The molecule has 0 saturated heterocycles. The highest BCUT2D eigenvalue weighted by Crippen LogP contribution is 2.33. The van der Waals surface area contributed by atoms with E-state index in [1.165, 1.54) is 0 Å². The van der Waals surface area contributed by atoms with Crippen LogP contribution in [0.1, 0.15) is 32.8 Å². The van der Waals surface area contributed by atoms with Crippen molar-refractivity contribution in [3.63, 3.8) is 0 Å². The van der Waals surface area contributed by atoms with Crippen molar-refractivity contribution in [1.82, 2.24) is 0 Å². The molecule has 2 aromatic rings. The first-order chi connectivity index (χ1) is 13.4. The van der Waals surface area contributed by atoms with Crippen LogP contribution in [0.4, 0.5) is 11.4 Å². The molecule has 1 aliphatic heterocycles. The lowest BCUT2D eigenvalue weighted by atomic mass is 10.1. The molecule has 0 aliphatic carbocycles. The summed E-state index contributed by atoms with van der Waals surface area (Å²) >= 11 is 5.97. The molecule has 28 heavy (non-hydrogen) atoms. The average molecular weight is 420 g/mol. The van der Waals surface area contributed by atoms with Gasteiger partial charge in [-0.2, -0.15) is 5.10 Å². The van der Waals surface area contributed by atoms with E-state index in [0.29, 0.717) is 22.2 Å². The Bertz CT molecular complexity index is 968. The van der Waals surface area contributed by atoms with Gasteiger partial charge < -0.3 is 4.90 Å². The molecule has 150 valence electrons. The SMILES string of the molecule is CCN(CC)c1ccc(N2CCC(c3ccc(Cl)cc3)=N2)c(S(=O)(=O)CC)c1. The molecule has 3 rings (SSSR count). The van der Waals surface area contributed by atoms with Crippen LogP contribution in [0.25, 0.3) is 0 Å². The van der Waals surface area contributed by atoms with Crippen LogP contribution in [0, 0.1) is 0 Å². The zero-order valence-electron chi connectivity index (χ0n) is 16.5. The molecule has 0 aromatic heterocycles. The Balaban J connectivity index is 2.02. The molecule has 0 amide bonds. The average Bonchev–Trinajstić information content (AvgIpc) is 3.19. The molecule has 0 spiro atoms. The van der Waals surface area contributed by atoms with Gasteiger partial charge in [0.25, 0.3) is 0 Å². The number of benzene rings is 2. The van der Waals surface area contributed by atoms with Crippen LogP contribution < -0.4 is 9.91 Å². The second-order valence-corrected chi connectivity index (χ2v) is 9.34. The predicted octanol–water partition coefficient (Wildman–Crippen LogP) is 4.59. The third-order valence-electron chi connectivity index (χ3n) is 5.04. The van der Waals surface area contributed by atoms with Crippen LogP contribution in [0.2, 0.25) is 5.02 Å². The van der Waals surface area contributed by atoms with Gasteiger partial charge in [-0.05, 0) is 49.7 Å². The first-order valence-electron chi connectivity index (χ1n) is 9.62. The molecule has 1 aliphatic rings. The lowest BCUT2D eigenvalue weighted by Crippen LogP contribution is -2.23. The minimum Gasteiger partial charge on any atom is -0.372 e. The highest BCUT2D eigenvalue weighted by molar-refractivity contribution is 7.91. The summed E-state index contributed by atoms with van der Waals surface area (Å²) in [7, 11) is -3.38. The van der Waals surface area contributed by atoms with E-state index in [-0.39, 0.29) is 5.75 Å². The molecule has 1 heterocycles. The first-order valence-corrected chi connectivity index (χ1v) is 11.6. The van der Waals surface area contributed by atoms with Crippen LogP contribution in [-0.2, 0) is 9.84 Å². The number of nitrogens with zero attached hydrogens (tertiary/aromatic N) is 3. The highest BCUT2D eigenvalue weighted by Gasteiger charge is 2.25. The molecule has 0 fully saturated rings. The fourth-order valence-corrected chi connectivity index (χ4v) is 4.61. The van der Waals surface area contributed by atoms with E-state index in [9.17, 15) is 8.42 Å². The van der Waals surface area contributed by atoms with E-state index < -0.39 is 9.84 Å². The van der Waals surface area contributed by atoms with Crippen molar-refractivity contribution in [1.29, 1.82) is 0 Å². The molecule has 0 atom stereocenters. The van der Waals surface area contributed by atoms with Crippen molar-refractivity contribution in [3.8, 4) is 0 Å². The van der Waals surface area contributed by atoms with Gasteiger partial charge in [0.05, 0.1) is 22.0 Å². The molecule has 0 bridgehead atoms. The Morgan fingerprint density at radius 1 is 1.07 bits per heavy atom. The molecule has 0 saturated carbocycles. The van der Waals surface area contributed by atoms with Gasteiger partial charge in [-0.3, -0.25) is 5.01 Å². The first kappa shape index (κ1) is 20.7. The molecular weight excluding hydrogens is 394 g/mol. The van der Waals surface area contributed by atoms with Gasteiger partial charge in [0.2, 0.25) is 0 Å². The number of sulfone groups is 1. The normalized spacial score (nSPS) is 14.3. The number of hydrogen-bond acceptors (Lipinski definition) is 5. The molecule has 0 N–H and O–H groups in total. The van der Waals surface area contributed by atoms with Crippen LogP contribution in [-0.4, -0.2) is 39.5 Å². The van der Waals surface area contributed by atoms with Crippen molar-refractivity contribution >= 4 is 38.5 Å². The quantitative estimate of drug-likeness (QED) is 0.658. The van der Waals surface area contributed by atoms with Crippen molar-refractivity contribution < 1.29 is 8.42 Å². The number of anilines is 2. The third-order valence-corrected chi connectivity index (χ3v) is 7.05. The van der Waals surface area contributed by atoms with Crippen LogP contribution in [0.5, 0.6) is 0 Å². The van der Waals surface area contributed by atoms with Crippen LogP contribution in [0.15, 0.2) is 52.5 Å². The predicted molar refractivity (Wildman–Crippen MR) is 118 cm³/mol. The Hall–Kier alpha value is -2.05. The summed E-state index contributed by atoms with van der Waals surface area (Å²) in [4.78, 5) is 2.49. The standard InChI is InChI=1S/C21H26ClN3O2S/c1-4-24(5-2)18-11-12-20(21(15-18)28(26,27)6-3)25-14-13-19(23-25)16-7-9-17(22)10-8-16/h7-12,15H,4-6,13-14H2,1-3H3. The second-order valence-electron chi connectivity index (χ2n) is 6.65. The second kappa shape index (κ2) is 8.53. The zero-order chi connectivity index (χ0) is 20.3. The van der Waals surface area contributed by atoms with Gasteiger partial charge in [0.1, 0.15) is 0 Å². The fraction of sp³-hybridized carbons (Fsp3) is 0.381. The topological polar surface area (TPSA) is 53.0 Å². The van der Waals surface area contributed by atoms with Crippen molar-refractivity contribution in [2.24, 2.45) is 5.10 Å².